The number of ether oxygens (including phenoxy) is 1. The van der Waals surface area contributed by atoms with Crippen LogP contribution in [0, 0.1) is 17.8 Å². The first-order chi connectivity index (χ1) is 16.8. The molecule has 2 aliphatic rings. The molecule has 0 bridgehead atoms. The summed E-state index contributed by atoms with van der Waals surface area (Å²) in [6.07, 6.45) is 2.55. The van der Waals surface area contributed by atoms with Crippen molar-refractivity contribution in [1.82, 2.24) is 9.21 Å². The molecule has 2 aromatic carbocycles. The fraction of sp³-hybridized carbons (Fsp3) is 0.500. The molecule has 2 aliphatic heterocycles. The Balaban J connectivity index is 1.58. The van der Waals surface area contributed by atoms with E-state index in [9.17, 15) is 13.5 Å². The molecule has 0 spiro atoms. The molecular formula is C28H36N2O4S. The monoisotopic (exact) mass is 496 g/mol. The van der Waals surface area contributed by atoms with Crippen LogP contribution in [0.2, 0.25) is 0 Å². The van der Waals surface area contributed by atoms with E-state index in [1.165, 1.54) is 7.11 Å². The van der Waals surface area contributed by atoms with E-state index in [2.05, 4.69) is 42.7 Å². The van der Waals surface area contributed by atoms with Gasteiger partial charge in [0.2, 0.25) is 10.0 Å². The molecule has 2 fully saturated rings. The molecule has 0 unspecified atom stereocenters. The van der Waals surface area contributed by atoms with E-state index < -0.39 is 10.0 Å². The second-order valence-electron chi connectivity index (χ2n) is 9.85. The third-order valence-corrected chi connectivity index (χ3v) is 8.91. The third kappa shape index (κ3) is 5.57. The fourth-order valence-corrected chi connectivity index (χ4v) is 6.72. The van der Waals surface area contributed by atoms with Gasteiger partial charge >= 0.3 is 0 Å². The number of aliphatic hydroxyl groups excluding tert-OH is 1. The Hall–Kier alpha value is -2.37. The highest BCUT2D eigenvalue weighted by Crippen LogP contribution is 2.42. The van der Waals surface area contributed by atoms with Gasteiger partial charge in [0, 0.05) is 49.1 Å². The number of nitrogens with zero attached hydrogens (tertiary/aromatic N) is 2. The molecule has 2 heterocycles. The number of methoxy groups -OCH3 is 1. The number of sulfonamides is 1. The maximum atomic E-state index is 13.6. The van der Waals surface area contributed by atoms with E-state index in [0.29, 0.717) is 24.8 Å². The van der Waals surface area contributed by atoms with Crippen LogP contribution in [0.1, 0.15) is 50.2 Å². The summed E-state index contributed by atoms with van der Waals surface area (Å²) in [6, 6.07) is 14.9. The summed E-state index contributed by atoms with van der Waals surface area (Å²) < 4.78 is 34.0. The lowest BCUT2D eigenvalue weighted by atomic mass is 9.74. The molecule has 0 amide bonds. The lowest BCUT2D eigenvalue weighted by Gasteiger charge is -2.57. The summed E-state index contributed by atoms with van der Waals surface area (Å²) in [6.45, 7) is 6.13. The van der Waals surface area contributed by atoms with E-state index in [1.807, 2.05) is 12.1 Å². The lowest BCUT2D eigenvalue weighted by molar-refractivity contribution is -0.0553. The Bertz CT molecular complexity index is 1170. The molecule has 6 nitrogen and oxygen atoms in total. The standard InChI is InChI=1S/C28H36N2O4S/c1-21(2)8-6-9-22-12-14-23(15-13-22)28-26-19-29(16-4-5-17-30(26)27(28)20-31)35(32,33)25-11-7-10-24(18-25)34-3/h7,10-15,18,21,26-28,31H,4-5,8,16-17,19-20H2,1-3H3/t26-,27-,28+/m1/s1. The number of benzene rings is 2. The number of hydrogen-bond donors (Lipinski definition) is 1. The topological polar surface area (TPSA) is 70.1 Å². The fourth-order valence-electron chi connectivity index (χ4n) is 5.18. The van der Waals surface area contributed by atoms with E-state index in [1.54, 1.807) is 28.6 Å². The summed E-state index contributed by atoms with van der Waals surface area (Å²) >= 11 is 0. The first kappa shape index (κ1) is 25.7. The molecule has 0 radical (unpaired) electrons. The van der Waals surface area contributed by atoms with Gasteiger partial charge in [-0.15, -0.1) is 0 Å². The average molecular weight is 497 g/mol. The van der Waals surface area contributed by atoms with Crippen LogP contribution in [-0.4, -0.2) is 68.2 Å². The van der Waals surface area contributed by atoms with Crippen molar-refractivity contribution in [1.29, 1.82) is 0 Å². The highest BCUT2D eigenvalue weighted by atomic mass is 32.2. The maximum Gasteiger partial charge on any atom is 0.243 e. The molecule has 7 heteroatoms. The van der Waals surface area contributed by atoms with Crippen LogP contribution in [0.15, 0.2) is 53.4 Å². The van der Waals surface area contributed by atoms with Crippen molar-refractivity contribution in [2.75, 3.05) is 33.4 Å². The van der Waals surface area contributed by atoms with Crippen LogP contribution >= 0.6 is 0 Å². The summed E-state index contributed by atoms with van der Waals surface area (Å²) in [5.74, 6) is 7.59. The van der Waals surface area contributed by atoms with Gasteiger partial charge in [0.05, 0.1) is 18.6 Å². The quantitative estimate of drug-likeness (QED) is 0.618. The minimum atomic E-state index is -3.66. The zero-order valence-electron chi connectivity index (χ0n) is 20.9. The van der Waals surface area contributed by atoms with Gasteiger partial charge in [-0.1, -0.05) is 43.9 Å². The number of fused-ring (bicyclic) bond motifs is 1. The van der Waals surface area contributed by atoms with Gasteiger partial charge in [-0.05, 0) is 55.1 Å². The first-order valence-electron chi connectivity index (χ1n) is 12.4. The Morgan fingerprint density at radius 1 is 1.11 bits per heavy atom. The van der Waals surface area contributed by atoms with Crippen LogP contribution in [0.4, 0.5) is 0 Å². The van der Waals surface area contributed by atoms with Gasteiger partial charge < -0.3 is 9.84 Å². The smallest absolute Gasteiger partial charge is 0.243 e. The molecular weight excluding hydrogens is 460 g/mol. The molecule has 1 N–H and O–H groups in total. The molecule has 0 aromatic heterocycles. The predicted molar refractivity (Wildman–Crippen MR) is 138 cm³/mol. The number of rotatable bonds is 6. The van der Waals surface area contributed by atoms with Crippen molar-refractivity contribution < 1.29 is 18.3 Å². The van der Waals surface area contributed by atoms with E-state index in [-0.39, 0.29) is 29.5 Å². The van der Waals surface area contributed by atoms with Crippen LogP contribution in [-0.2, 0) is 10.0 Å². The van der Waals surface area contributed by atoms with Crippen molar-refractivity contribution in [3.05, 3.63) is 59.7 Å². The minimum Gasteiger partial charge on any atom is -0.497 e. The molecule has 188 valence electrons. The Labute approximate surface area is 210 Å². The largest absolute Gasteiger partial charge is 0.497 e. The zero-order valence-corrected chi connectivity index (χ0v) is 21.7. The summed E-state index contributed by atoms with van der Waals surface area (Å²) in [7, 11) is -2.13. The van der Waals surface area contributed by atoms with Crippen LogP contribution in [0.25, 0.3) is 0 Å². The first-order valence-corrected chi connectivity index (χ1v) is 13.9. The maximum absolute atomic E-state index is 13.6. The van der Waals surface area contributed by atoms with E-state index in [0.717, 1.165) is 36.9 Å². The van der Waals surface area contributed by atoms with Crippen LogP contribution in [0.3, 0.4) is 0 Å². The van der Waals surface area contributed by atoms with Gasteiger partial charge in [-0.25, -0.2) is 8.42 Å². The van der Waals surface area contributed by atoms with Crippen molar-refractivity contribution in [2.24, 2.45) is 5.92 Å². The van der Waals surface area contributed by atoms with Crippen molar-refractivity contribution in [2.45, 2.75) is 56.0 Å². The van der Waals surface area contributed by atoms with Crippen LogP contribution in [0.5, 0.6) is 5.75 Å². The molecule has 35 heavy (non-hydrogen) atoms. The SMILES string of the molecule is COc1cccc(S(=O)(=O)N2CCCCN3[C@H](CO)[C@@H](c4ccc(C#CCC(C)C)cc4)[C@H]3C2)c1. The Kier molecular flexibility index (Phi) is 8.18. The molecule has 0 saturated carbocycles. The molecule has 2 saturated heterocycles. The van der Waals surface area contributed by atoms with Gasteiger partial charge in [-0.3, -0.25) is 4.90 Å². The molecule has 0 aliphatic carbocycles. The van der Waals surface area contributed by atoms with Gasteiger partial charge in [0.25, 0.3) is 0 Å². The third-order valence-electron chi connectivity index (χ3n) is 7.05. The zero-order chi connectivity index (χ0) is 25.0. The minimum absolute atomic E-state index is 0.00246. The Morgan fingerprint density at radius 2 is 1.86 bits per heavy atom. The second kappa shape index (κ2) is 11.1. The highest BCUT2D eigenvalue weighted by molar-refractivity contribution is 7.89. The normalized spacial score (nSPS) is 23.4. The van der Waals surface area contributed by atoms with Crippen molar-refractivity contribution >= 4 is 10.0 Å². The van der Waals surface area contributed by atoms with Crippen LogP contribution < -0.4 is 4.74 Å². The molecule has 3 atom stereocenters. The van der Waals surface area contributed by atoms with Crippen molar-refractivity contribution in [3.8, 4) is 17.6 Å². The molecule has 4 rings (SSSR count). The van der Waals surface area contributed by atoms with Gasteiger partial charge in [-0.2, -0.15) is 4.31 Å². The van der Waals surface area contributed by atoms with Crippen molar-refractivity contribution in [3.63, 3.8) is 0 Å². The number of hydrogen-bond acceptors (Lipinski definition) is 5. The highest BCUT2D eigenvalue weighted by Gasteiger charge is 2.50. The van der Waals surface area contributed by atoms with E-state index in [4.69, 9.17) is 4.74 Å². The number of aliphatic hydroxyl groups is 1. The predicted octanol–water partition coefficient (Wildman–Crippen LogP) is 3.71. The second-order valence-corrected chi connectivity index (χ2v) is 11.8. The Morgan fingerprint density at radius 3 is 2.54 bits per heavy atom. The summed E-state index contributed by atoms with van der Waals surface area (Å²) in [4.78, 5) is 2.54. The summed E-state index contributed by atoms with van der Waals surface area (Å²) in [5.41, 5.74) is 2.10. The molecule has 2 aromatic rings. The van der Waals surface area contributed by atoms with E-state index >= 15 is 0 Å². The average Bonchev–Trinajstić information content (AvgIpc) is 2.83. The van der Waals surface area contributed by atoms with Gasteiger partial charge in [0.1, 0.15) is 5.75 Å². The van der Waals surface area contributed by atoms with Gasteiger partial charge in [0.15, 0.2) is 0 Å². The lowest BCUT2D eigenvalue weighted by Crippen LogP contribution is -2.67. The summed E-state index contributed by atoms with van der Waals surface area (Å²) in [5, 5.41) is 10.2.